The summed E-state index contributed by atoms with van der Waals surface area (Å²) in [6.45, 7) is 11.3. The van der Waals surface area contributed by atoms with E-state index in [9.17, 15) is 4.79 Å². The van der Waals surface area contributed by atoms with Crippen molar-refractivity contribution in [1.29, 1.82) is 0 Å². The monoisotopic (exact) mass is 306 g/mol. The summed E-state index contributed by atoms with van der Waals surface area (Å²) < 4.78 is 5.88. The van der Waals surface area contributed by atoms with Crippen molar-refractivity contribution in [3.8, 4) is 5.75 Å². The molecule has 0 saturated carbocycles. The third-order valence-electron chi connectivity index (χ3n) is 3.73. The van der Waals surface area contributed by atoms with Crippen molar-refractivity contribution in [3.05, 3.63) is 89.8 Å². The Bertz CT molecular complexity index is 713. The molecule has 1 aliphatic carbocycles. The number of allylic oxidation sites excluding steroid dienone is 8. The Morgan fingerprint density at radius 3 is 2.35 bits per heavy atom. The highest BCUT2D eigenvalue weighted by Crippen LogP contribution is 2.26. The van der Waals surface area contributed by atoms with Crippen molar-refractivity contribution in [2.45, 2.75) is 26.7 Å². The molecular formula is C21H22O2. The maximum Gasteiger partial charge on any atom is 0.159 e. The van der Waals surface area contributed by atoms with E-state index < -0.39 is 0 Å². The molecule has 0 N–H and O–H groups in total. The predicted octanol–water partition coefficient (Wildman–Crippen LogP) is 5.24. The summed E-state index contributed by atoms with van der Waals surface area (Å²) in [7, 11) is 0. The second kappa shape index (κ2) is 7.59. The summed E-state index contributed by atoms with van der Waals surface area (Å²) in [6, 6.07) is 8.03. The van der Waals surface area contributed by atoms with Crippen LogP contribution in [0.5, 0.6) is 5.75 Å². The molecule has 118 valence electrons. The number of ketones is 1. The standard InChI is InChI=1S/C21H22O2/c1-15-5-11-20(12-6-15)23-21-13-9-19(10-14-21)17(3)8-7-16(2)18(4)22/h5-9,11-13H,2-3,10,14H2,1,4H3/b8-7-. The van der Waals surface area contributed by atoms with Crippen LogP contribution in [0.15, 0.2) is 84.2 Å². The lowest BCUT2D eigenvalue weighted by Gasteiger charge is -2.16. The van der Waals surface area contributed by atoms with Gasteiger partial charge in [-0.05, 0) is 49.6 Å². The Labute approximate surface area is 138 Å². The lowest BCUT2D eigenvalue weighted by Crippen LogP contribution is -2.01. The molecule has 0 fully saturated rings. The van der Waals surface area contributed by atoms with Crippen LogP contribution in [0, 0.1) is 6.92 Å². The minimum atomic E-state index is -0.0275. The first-order chi connectivity index (χ1) is 11.0. The van der Waals surface area contributed by atoms with Crippen LogP contribution in [-0.4, -0.2) is 5.78 Å². The van der Waals surface area contributed by atoms with E-state index in [1.165, 1.54) is 12.5 Å². The first kappa shape index (κ1) is 16.8. The lowest BCUT2D eigenvalue weighted by molar-refractivity contribution is -0.113. The molecule has 2 rings (SSSR count). The average molecular weight is 306 g/mol. The van der Waals surface area contributed by atoms with Crippen LogP contribution in [0.2, 0.25) is 0 Å². The van der Waals surface area contributed by atoms with Gasteiger partial charge in [0.2, 0.25) is 0 Å². The maximum atomic E-state index is 11.1. The van der Waals surface area contributed by atoms with Crippen molar-refractivity contribution in [1.82, 2.24) is 0 Å². The molecule has 0 spiro atoms. The topological polar surface area (TPSA) is 26.3 Å². The van der Waals surface area contributed by atoms with E-state index in [0.29, 0.717) is 5.57 Å². The molecule has 0 heterocycles. The minimum Gasteiger partial charge on any atom is -0.462 e. The normalized spacial score (nSPS) is 14.2. The average Bonchev–Trinajstić information content (AvgIpc) is 2.55. The Hall–Kier alpha value is -2.61. The second-order valence-electron chi connectivity index (χ2n) is 5.68. The van der Waals surface area contributed by atoms with E-state index in [1.807, 2.05) is 42.5 Å². The lowest BCUT2D eigenvalue weighted by atomic mass is 9.96. The third kappa shape index (κ3) is 4.96. The van der Waals surface area contributed by atoms with Gasteiger partial charge in [0.1, 0.15) is 11.5 Å². The molecule has 0 saturated heterocycles. The van der Waals surface area contributed by atoms with E-state index in [-0.39, 0.29) is 5.78 Å². The van der Waals surface area contributed by atoms with Crippen molar-refractivity contribution < 1.29 is 9.53 Å². The highest BCUT2D eigenvalue weighted by molar-refractivity contribution is 5.95. The number of benzene rings is 1. The molecule has 23 heavy (non-hydrogen) atoms. The highest BCUT2D eigenvalue weighted by Gasteiger charge is 2.10. The fraction of sp³-hybridized carbons (Fsp3) is 0.190. The summed E-state index contributed by atoms with van der Waals surface area (Å²) in [6.07, 6.45) is 9.27. The van der Waals surface area contributed by atoms with Gasteiger partial charge in [-0.3, -0.25) is 4.79 Å². The van der Waals surface area contributed by atoms with Gasteiger partial charge in [0.25, 0.3) is 0 Å². The molecule has 0 unspecified atom stereocenters. The van der Waals surface area contributed by atoms with Crippen molar-refractivity contribution in [2.75, 3.05) is 0 Å². The molecule has 1 aliphatic rings. The van der Waals surface area contributed by atoms with Gasteiger partial charge in [-0.2, -0.15) is 0 Å². The number of rotatable bonds is 6. The van der Waals surface area contributed by atoms with Gasteiger partial charge in [-0.25, -0.2) is 0 Å². The number of carbonyl (C=O) groups is 1. The minimum absolute atomic E-state index is 0.0275. The van der Waals surface area contributed by atoms with E-state index in [2.05, 4.69) is 20.1 Å². The molecular weight excluding hydrogens is 284 g/mol. The first-order valence-electron chi connectivity index (χ1n) is 7.67. The summed E-state index contributed by atoms with van der Waals surface area (Å²) in [5.74, 6) is 1.78. The zero-order chi connectivity index (χ0) is 16.8. The molecule has 0 atom stereocenters. The van der Waals surface area contributed by atoms with E-state index in [0.717, 1.165) is 35.5 Å². The Morgan fingerprint density at radius 1 is 1.09 bits per heavy atom. The Balaban J connectivity index is 1.99. The van der Waals surface area contributed by atoms with Crippen LogP contribution in [0.1, 0.15) is 25.3 Å². The van der Waals surface area contributed by atoms with Crippen molar-refractivity contribution in [3.63, 3.8) is 0 Å². The maximum absolute atomic E-state index is 11.1. The number of Topliss-reactive ketones (excluding diaryl/α,β-unsaturated/α-hetero) is 1. The predicted molar refractivity (Wildman–Crippen MR) is 95.3 cm³/mol. The van der Waals surface area contributed by atoms with E-state index in [1.54, 1.807) is 6.08 Å². The quantitative estimate of drug-likeness (QED) is 0.531. The van der Waals surface area contributed by atoms with Crippen LogP contribution in [0.3, 0.4) is 0 Å². The summed E-state index contributed by atoms with van der Waals surface area (Å²) >= 11 is 0. The van der Waals surface area contributed by atoms with Crippen molar-refractivity contribution in [2.24, 2.45) is 0 Å². The van der Waals surface area contributed by atoms with Gasteiger partial charge in [-0.15, -0.1) is 0 Å². The molecule has 1 aromatic rings. The third-order valence-corrected chi connectivity index (χ3v) is 3.73. The van der Waals surface area contributed by atoms with Gasteiger partial charge in [0.05, 0.1) is 0 Å². The summed E-state index contributed by atoms with van der Waals surface area (Å²) in [4.78, 5) is 11.1. The molecule has 2 heteroatoms. The molecule has 0 bridgehead atoms. The fourth-order valence-electron chi connectivity index (χ4n) is 2.15. The molecule has 0 amide bonds. The summed E-state index contributed by atoms with van der Waals surface area (Å²) in [5.41, 5.74) is 3.75. The van der Waals surface area contributed by atoms with Gasteiger partial charge in [0, 0.05) is 12.0 Å². The molecule has 1 aromatic carbocycles. The fourth-order valence-corrected chi connectivity index (χ4v) is 2.15. The first-order valence-corrected chi connectivity index (χ1v) is 7.67. The molecule has 0 aromatic heterocycles. The van der Waals surface area contributed by atoms with Crippen molar-refractivity contribution >= 4 is 5.78 Å². The largest absolute Gasteiger partial charge is 0.462 e. The smallest absolute Gasteiger partial charge is 0.159 e. The molecule has 0 aliphatic heterocycles. The van der Waals surface area contributed by atoms with Crippen LogP contribution < -0.4 is 4.74 Å². The SMILES string of the molecule is C=C(/C=C\C(=C)C1=CC=C(Oc2ccc(C)cc2)CC1)C(C)=O. The second-order valence-corrected chi connectivity index (χ2v) is 5.68. The Morgan fingerprint density at radius 2 is 1.78 bits per heavy atom. The van der Waals surface area contributed by atoms with Gasteiger partial charge in [-0.1, -0.05) is 49.1 Å². The summed E-state index contributed by atoms with van der Waals surface area (Å²) in [5, 5.41) is 0. The van der Waals surface area contributed by atoms with Crippen LogP contribution in [0.4, 0.5) is 0 Å². The van der Waals surface area contributed by atoms with Crippen LogP contribution in [0.25, 0.3) is 0 Å². The number of aryl methyl sites for hydroxylation is 1. The molecule has 0 radical (unpaired) electrons. The zero-order valence-electron chi connectivity index (χ0n) is 13.8. The molecule has 2 nitrogen and oxygen atoms in total. The van der Waals surface area contributed by atoms with Crippen LogP contribution >= 0.6 is 0 Å². The van der Waals surface area contributed by atoms with Gasteiger partial charge in [0.15, 0.2) is 5.78 Å². The Kier molecular flexibility index (Phi) is 5.53. The number of hydrogen-bond acceptors (Lipinski definition) is 2. The van der Waals surface area contributed by atoms with Crippen LogP contribution in [-0.2, 0) is 4.79 Å². The number of carbonyl (C=O) groups excluding carboxylic acids is 1. The van der Waals surface area contributed by atoms with Gasteiger partial charge < -0.3 is 4.74 Å². The van der Waals surface area contributed by atoms with E-state index >= 15 is 0 Å². The number of ether oxygens (including phenoxy) is 1. The van der Waals surface area contributed by atoms with E-state index in [4.69, 9.17) is 4.74 Å². The van der Waals surface area contributed by atoms with Gasteiger partial charge >= 0.3 is 0 Å². The number of hydrogen-bond donors (Lipinski definition) is 0. The highest BCUT2D eigenvalue weighted by atomic mass is 16.5. The zero-order valence-corrected chi connectivity index (χ0v) is 13.8.